The maximum Gasteiger partial charge on any atom is 0.224 e. The quantitative estimate of drug-likeness (QED) is 0.851. The molecule has 6 nitrogen and oxygen atoms in total. The molecule has 1 aromatic heterocycles. The fraction of sp³-hybridized carbons (Fsp3) is 0.789. The number of carbonyl (C=O) groups is 1. The van der Waals surface area contributed by atoms with Gasteiger partial charge in [-0.1, -0.05) is 6.92 Å². The first-order chi connectivity index (χ1) is 11.8. The number of likely N-dealkylation sites (tertiary alicyclic amines) is 1. The third-order valence-electron chi connectivity index (χ3n) is 5.41. The molecule has 1 N–H and O–H groups in total. The standard InChI is InChI=1S/C19H35N5O/c1-7-10-24-15(3)18(14(2)21-24)11-20-19(25)16-8-9-17(22(4)5)13-23(6)12-16/h16-17H,7-13H2,1-6H3,(H,20,25)/t16-,17+/m1/s1. The van der Waals surface area contributed by atoms with E-state index in [2.05, 4.69) is 59.9 Å². The zero-order chi connectivity index (χ0) is 18.6. The first kappa shape index (κ1) is 19.9. The van der Waals surface area contributed by atoms with Gasteiger partial charge in [0.1, 0.15) is 0 Å². The Bertz CT molecular complexity index is 581. The van der Waals surface area contributed by atoms with Crippen LogP contribution in [-0.4, -0.2) is 65.8 Å². The molecule has 6 heteroatoms. The summed E-state index contributed by atoms with van der Waals surface area (Å²) in [5.41, 5.74) is 3.36. The molecule has 0 aromatic carbocycles. The van der Waals surface area contributed by atoms with Crippen molar-refractivity contribution in [3.8, 4) is 0 Å². The Hall–Kier alpha value is -1.40. The third-order valence-corrected chi connectivity index (χ3v) is 5.41. The van der Waals surface area contributed by atoms with Crippen LogP contribution in [0.25, 0.3) is 0 Å². The molecule has 0 aliphatic carbocycles. The van der Waals surface area contributed by atoms with Crippen LogP contribution < -0.4 is 5.32 Å². The van der Waals surface area contributed by atoms with Crippen molar-refractivity contribution < 1.29 is 4.79 Å². The molecule has 0 radical (unpaired) electrons. The van der Waals surface area contributed by atoms with Crippen LogP contribution in [0.2, 0.25) is 0 Å². The molecule has 1 amide bonds. The van der Waals surface area contributed by atoms with Crippen molar-refractivity contribution in [2.75, 3.05) is 34.2 Å². The molecular weight excluding hydrogens is 314 g/mol. The molecule has 1 aliphatic rings. The van der Waals surface area contributed by atoms with Gasteiger partial charge in [-0.05, 0) is 54.3 Å². The van der Waals surface area contributed by atoms with Crippen molar-refractivity contribution in [3.05, 3.63) is 17.0 Å². The van der Waals surface area contributed by atoms with E-state index in [0.717, 1.165) is 50.2 Å². The summed E-state index contributed by atoms with van der Waals surface area (Å²) in [6.07, 6.45) is 3.09. The van der Waals surface area contributed by atoms with Crippen LogP contribution in [0.3, 0.4) is 0 Å². The normalized spacial score (nSPS) is 22.2. The number of nitrogens with one attached hydrogen (secondary N) is 1. The smallest absolute Gasteiger partial charge is 0.224 e. The molecule has 1 saturated heterocycles. The minimum absolute atomic E-state index is 0.0706. The SMILES string of the molecule is CCCn1nc(C)c(CNC(=O)[C@@H]2CC[C@H](N(C)C)CN(C)C2)c1C. The number of hydrogen-bond donors (Lipinski definition) is 1. The number of amides is 1. The lowest BCUT2D eigenvalue weighted by atomic mass is 10.0. The summed E-state index contributed by atoms with van der Waals surface area (Å²) >= 11 is 0. The molecule has 0 unspecified atom stereocenters. The van der Waals surface area contributed by atoms with Gasteiger partial charge in [0.15, 0.2) is 0 Å². The maximum absolute atomic E-state index is 12.7. The van der Waals surface area contributed by atoms with Gasteiger partial charge < -0.3 is 15.1 Å². The van der Waals surface area contributed by atoms with Gasteiger partial charge in [0.05, 0.1) is 11.6 Å². The van der Waals surface area contributed by atoms with Crippen LogP contribution in [-0.2, 0) is 17.9 Å². The Kier molecular flexibility index (Phi) is 7.02. The first-order valence-corrected chi connectivity index (χ1v) is 9.49. The largest absolute Gasteiger partial charge is 0.352 e. The van der Waals surface area contributed by atoms with Gasteiger partial charge >= 0.3 is 0 Å². The van der Waals surface area contributed by atoms with E-state index < -0.39 is 0 Å². The second-order valence-electron chi connectivity index (χ2n) is 7.70. The van der Waals surface area contributed by atoms with Gasteiger partial charge in [0, 0.05) is 43.5 Å². The topological polar surface area (TPSA) is 53.4 Å². The van der Waals surface area contributed by atoms with Crippen molar-refractivity contribution in [3.63, 3.8) is 0 Å². The molecule has 2 rings (SSSR count). The number of carbonyl (C=O) groups excluding carboxylic acids is 1. The summed E-state index contributed by atoms with van der Waals surface area (Å²) < 4.78 is 2.05. The monoisotopic (exact) mass is 349 g/mol. The summed E-state index contributed by atoms with van der Waals surface area (Å²) in [5, 5.41) is 7.76. The minimum Gasteiger partial charge on any atom is -0.352 e. The van der Waals surface area contributed by atoms with E-state index >= 15 is 0 Å². The molecule has 1 aliphatic heterocycles. The Morgan fingerprint density at radius 2 is 2.00 bits per heavy atom. The van der Waals surface area contributed by atoms with E-state index in [9.17, 15) is 4.79 Å². The molecule has 0 saturated carbocycles. The molecule has 0 spiro atoms. The predicted octanol–water partition coefficient (Wildman–Crippen LogP) is 1.80. The number of likely N-dealkylation sites (N-methyl/N-ethyl adjacent to an activating group) is 2. The van der Waals surface area contributed by atoms with Crippen LogP contribution in [0.15, 0.2) is 0 Å². The molecule has 2 heterocycles. The van der Waals surface area contributed by atoms with Crippen LogP contribution >= 0.6 is 0 Å². The second kappa shape index (κ2) is 8.81. The molecule has 1 aromatic rings. The number of hydrogen-bond acceptors (Lipinski definition) is 4. The van der Waals surface area contributed by atoms with Crippen molar-refractivity contribution in [1.82, 2.24) is 24.9 Å². The highest BCUT2D eigenvalue weighted by atomic mass is 16.1. The number of rotatable bonds is 6. The van der Waals surface area contributed by atoms with Crippen molar-refractivity contribution >= 4 is 5.91 Å². The van der Waals surface area contributed by atoms with E-state index in [1.54, 1.807) is 0 Å². The zero-order valence-electron chi connectivity index (χ0n) is 16.8. The van der Waals surface area contributed by atoms with Gasteiger partial charge in [-0.15, -0.1) is 0 Å². The minimum atomic E-state index is 0.0706. The summed E-state index contributed by atoms with van der Waals surface area (Å²) in [7, 11) is 6.36. The molecular formula is C19H35N5O. The highest BCUT2D eigenvalue weighted by molar-refractivity contribution is 5.79. The summed E-state index contributed by atoms with van der Waals surface area (Å²) in [4.78, 5) is 17.3. The molecule has 142 valence electrons. The Morgan fingerprint density at radius 3 is 2.64 bits per heavy atom. The van der Waals surface area contributed by atoms with Crippen LogP contribution in [0.4, 0.5) is 0 Å². The lowest BCUT2D eigenvalue weighted by Gasteiger charge is -2.25. The Balaban J connectivity index is 1.96. The number of nitrogens with zero attached hydrogens (tertiary/aromatic N) is 4. The predicted molar refractivity (Wildman–Crippen MR) is 102 cm³/mol. The molecule has 0 bridgehead atoms. The first-order valence-electron chi connectivity index (χ1n) is 9.49. The second-order valence-corrected chi connectivity index (χ2v) is 7.70. The summed E-state index contributed by atoms with van der Waals surface area (Å²) in [6, 6.07) is 0.527. The van der Waals surface area contributed by atoms with Gasteiger partial charge in [0.2, 0.25) is 5.91 Å². The van der Waals surface area contributed by atoms with Crippen molar-refractivity contribution in [2.24, 2.45) is 5.92 Å². The zero-order valence-corrected chi connectivity index (χ0v) is 16.8. The molecule has 25 heavy (non-hydrogen) atoms. The number of aromatic nitrogens is 2. The third kappa shape index (κ3) is 5.05. The lowest BCUT2D eigenvalue weighted by molar-refractivity contribution is -0.125. The van der Waals surface area contributed by atoms with Gasteiger partial charge in [-0.25, -0.2) is 0 Å². The van der Waals surface area contributed by atoms with E-state index in [4.69, 9.17) is 0 Å². The van der Waals surface area contributed by atoms with Crippen molar-refractivity contribution in [2.45, 2.75) is 59.2 Å². The van der Waals surface area contributed by atoms with Gasteiger partial charge in [0.25, 0.3) is 0 Å². The molecule has 2 atom stereocenters. The highest BCUT2D eigenvalue weighted by Crippen LogP contribution is 2.19. The van der Waals surface area contributed by atoms with E-state index in [1.165, 1.54) is 5.69 Å². The fourth-order valence-corrected chi connectivity index (χ4v) is 3.76. The maximum atomic E-state index is 12.7. The Morgan fingerprint density at radius 1 is 1.28 bits per heavy atom. The Labute approximate surface area is 152 Å². The summed E-state index contributed by atoms with van der Waals surface area (Å²) in [6.45, 7) is 9.65. The molecule has 1 fully saturated rings. The lowest BCUT2D eigenvalue weighted by Crippen LogP contribution is -2.39. The van der Waals surface area contributed by atoms with E-state index in [-0.39, 0.29) is 11.8 Å². The average molecular weight is 350 g/mol. The van der Waals surface area contributed by atoms with Gasteiger partial charge in [-0.2, -0.15) is 5.10 Å². The van der Waals surface area contributed by atoms with E-state index in [0.29, 0.717) is 12.6 Å². The highest BCUT2D eigenvalue weighted by Gasteiger charge is 2.27. The van der Waals surface area contributed by atoms with Crippen molar-refractivity contribution in [1.29, 1.82) is 0 Å². The fourth-order valence-electron chi connectivity index (χ4n) is 3.76. The van der Waals surface area contributed by atoms with Gasteiger partial charge in [-0.3, -0.25) is 9.48 Å². The summed E-state index contributed by atoms with van der Waals surface area (Å²) in [5.74, 6) is 0.245. The van der Waals surface area contributed by atoms with E-state index in [1.807, 2.05) is 6.92 Å². The van der Waals surface area contributed by atoms with Crippen LogP contribution in [0.1, 0.15) is 43.1 Å². The van der Waals surface area contributed by atoms with Crippen LogP contribution in [0.5, 0.6) is 0 Å². The number of aryl methyl sites for hydroxylation is 2. The van der Waals surface area contributed by atoms with Crippen LogP contribution in [0, 0.1) is 19.8 Å². The average Bonchev–Trinajstić information content (AvgIpc) is 2.72.